The van der Waals surface area contributed by atoms with E-state index in [9.17, 15) is 0 Å². The summed E-state index contributed by atoms with van der Waals surface area (Å²) in [5.74, 6) is 2.04. The number of rotatable bonds is 3. The summed E-state index contributed by atoms with van der Waals surface area (Å²) in [6.45, 7) is 3.37. The Morgan fingerprint density at radius 1 is 1.17 bits per heavy atom. The Balaban J connectivity index is 1.45. The third-order valence-electron chi connectivity index (χ3n) is 4.98. The van der Waals surface area contributed by atoms with Crippen molar-refractivity contribution in [3.63, 3.8) is 0 Å². The number of aromatic nitrogens is 4. The quantitative estimate of drug-likeness (QED) is 0.845. The smallest absolute Gasteiger partial charge is 0.137 e. The fraction of sp³-hybridized carbons (Fsp3) is 0.529. The number of piperidine rings is 1. The van der Waals surface area contributed by atoms with E-state index >= 15 is 0 Å². The lowest BCUT2D eigenvalue weighted by molar-refractivity contribution is 0.109. The van der Waals surface area contributed by atoms with Crippen molar-refractivity contribution in [2.45, 2.75) is 31.9 Å². The molecule has 4 rings (SSSR count). The lowest BCUT2D eigenvalue weighted by Crippen LogP contribution is -2.44. The van der Waals surface area contributed by atoms with E-state index in [2.05, 4.69) is 36.8 Å². The van der Waals surface area contributed by atoms with E-state index in [0.717, 1.165) is 56.3 Å². The topological polar surface area (TPSA) is 67.3 Å². The van der Waals surface area contributed by atoms with E-state index in [-0.39, 0.29) is 0 Å². The van der Waals surface area contributed by atoms with E-state index < -0.39 is 0 Å². The average molecular weight is 326 g/mol. The summed E-state index contributed by atoms with van der Waals surface area (Å²) in [6, 6.07) is 2.45. The van der Waals surface area contributed by atoms with Crippen LogP contribution >= 0.6 is 0 Å². The van der Waals surface area contributed by atoms with Gasteiger partial charge in [0.1, 0.15) is 24.3 Å². The van der Waals surface area contributed by atoms with E-state index in [1.807, 2.05) is 6.07 Å². The van der Waals surface area contributed by atoms with Crippen LogP contribution in [0.2, 0.25) is 0 Å². The zero-order valence-corrected chi connectivity index (χ0v) is 13.9. The van der Waals surface area contributed by atoms with Gasteiger partial charge in [-0.25, -0.2) is 19.9 Å². The molecule has 0 aromatic carbocycles. The number of hydrogen-bond acceptors (Lipinski definition) is 7. The molecular weight excluding hydrogens is 304 g/mol. The minimum atomic E-state index is 0.491. The van der Waals surface area contributed by atoms with Crippen LogP contribution in [-0.2, 0) is 17.8 Å². The molecule has 0 bridgehead atoms. The van der Waals surface area contributed by atoms with E-state index in [0.29, 0.717) is 12.6 Å². The highest BCUT2D eigenvalue weighted by molar-refractivity contribution is 5.49. The fourth-order valence-corrected chi connectivity index (χ4v) is 3.56. The molecular formula is C17H22N6O. The normalized spacial score (nSPS) is 18.3. The average Bonchev–Trinajstić information content (AvgIpc) is 2.68. The molecule has 2 aliphatic heterocycles. The lowest BCUT2D eigenvalue weighted by Gasteiger charge is -2.38. The molecule has 0 amide bonds. The molecule has 0 unspecified atom stereocenters. The number of nitrogens with zero attached hydrogens (tertiary/aromatic N) is 6. The summed E-state index contributed by atoms with van der Waals surface area (Å²) >= 11 is 0. The molecule has 1 saturated heterocycles. The summed E-state index contributed by atoms with van der Waals surface area (Å²) in [4.78, 5) is 21.9. The first kappa shape index (κ1) is 15.3. The predicted octanol–water partition coefficient (Wildman–Crippen LogP) is 1.44. The Morgan fingerprint density at radius 2 is 2.04 bits per heavy atom. The molecule has 2 aromatic heterocycles. The summed E-state index contributed by atoms with van der Waals surface area (Å²) in [5.41, 5.74) is 2.32. The fourth-order valence-electron chi connectivity index (χ4n) is 3.56. The molecule has 0 spiro atoms. The van der Waals surface area contributed by atoms with Gasteiger partial charge in [0.15, 0.2) is 0 Å². The second-order valence-electron chi connectivity index (χ2n) is 6.32. The Hall–Kier alpha value is -2.28. The first-order chi connectivity index (χ1) is 11.8. The second-order valence-corrected chi connectivity index (χ2v) is 6.32. The van der Waals surface area contributed by atoms with E-state index in [4.69, 9.17) is 4.74 Å². The van der Waals surface area contributed by atoms with Gasteiger partial charge in [-0.05, 0) is 18.9 Å². The van der Waals surface area contributed by atoms with Gasteiger partial charge in [0.05, 0.1) is 18.9 Å². The Labute approximate surface area is 141 Å². The van der Waals surface area contributed by atoms with Gasteiger partial charge in [-0.1, -0.05) is 0 Å². The summed E-state index contributed by atoms with van der Waals surface area (Å²) in [7, 11) is 2.11. The van der Waals surface area contributed by atoms with Crippen molar-refractivity contribution in [2.24, 2.45) is 0 Å². The Bertz CT molecular complexity index is 687. The molecule has 2 aromatic rings. The summed E-state index contributed by atoms with van der Waals surface area (Å²) in [5, 5.41) is 0. The third-order valence-corrected chi connectivity index (χ3v) is 4.98. The first-order valence-electron chi connectivity index (χ1n) is 8.47. The molecule has 7 heteroatoms. The number of anilines is 2. The van der Waals surface area contributed by atoms with Crippen molar-refractivity contribution in [2.75, 3.05) is 36.5 Å². The molecule has 0 saturated carbocycles. The maximum atomic E-state index is 5.62. The van der Waals surface area contributed by atoms with Crippen LogP contribution < -0.4 is 9.80 Å². The van der Waals surface area contributed by atoms with Gasteiger partial charge < -0.3 is 14.5 Å². The summed E-state index contributed by atoms with van der Waals surface area (Å²) < 4.78 is 5.62. The molecule has 24 heavy (non-hydrogen) atoms. The predicted molar refractivity (Wildman–Crippen MR) is 91.1 cm³/mol. The SMILES string of the molecule is CN(c1ccncn1)C1CCN(c2ncnc3c2COCC3)CC1. The summed E-state index contributed by atoms with van der Waals surface area (Å²) in [6.07, 6.45) is 8.14. The van der Waals surface area contributed by atoms with Crippen molar-refractivity contribution in [1.29, 1.82) is 0 Å². The van der Waals surface area contributed by atoms with Gasteiger partial charge in [0, 0.05) is 44.4 Å². The van der Waals surface area contributed by atoms with Gasteiger partial charge in [0.2, 0.25) is 0 Å². The maximum Gasteiger partial charge on any atom is 0.137 e. The van der Waals surface area contributed by atoms with Gasteiger partial charge in [-0.15, -0.1) is 0 Å². The van der Waals surface area contributed by atoms with Crippen molar-refractivity contribution in [3.8, 4) is 0 Å². The highest BCUT2D eigenvalue weighted by Gasteiger charge is 2.27. The highest BCUT2D eigenvalue weighted by atomic mass is 16.5. The molecule has 0 radical (unpaired) electrons. The monoisotopic (exact) mass is 326 g/mol. The number of hydrogen-bond donors (Lipinski definition) is 0. The first-order valence-corrected chi connectivity index (χ1v) is 8.47. The molecule has 2 aliphatic rings. The van der Waals surface area contributed by atoms with Crippen LogP contribution in [0.25, 0.3) is 0 Å². The van der Waals surface area contributed by atoms with Crippen molar-refractivity contribution in [3.05, 3.63) is 36.2 Å². The van der Waals surface area contributed by atoms with Gasteiger partial charge >= 0.3 is 0 Å². The third kappa shape index (κ3) is 2.91. The van der Waals surface area contributed by atoms with Crippen molar-refractivity contribution < 1.29 is 4.74 Å². The Morgan fingerprint density at radius 3 is 2.83 bits per heavy atom. The van der Waals surface area contributed by atoms with Gasteiger partial charge in [0.25, 0.3) is 0 Å². The standard InChI is InChI=1S/C17H22N6O/c1-22(16-2-6-18-11-20-16)13-3-7-23(8-4-13)17-14-10-24-9-5-15(14)19-12-21-17/h2,6,11-13H,3-5,7-10H2,1H3. The van der Waals surface area contributed by atoms with Gasteiger partial charge in [-0.3, -0.25) is 0 Å². The maximum absolute atomic E-state index is 5.62. The minimum absolute atomic E-state index is 0.491. The lowest BCUT2D eigenvalue weighted by atomic mass is 10.0. The second kappa shape index (κ2) is 6.68. The molecule has 126 valence electrons. The van der Waals surface area contributed by atoms with Crippen LogP contribution in [-0.4, -0.2) is 52.7 Å². The molecule has 4 heterocycles. The molecule has 0 N–H and O–H groups in total. The molecule has 0 aliphatic carbocycles. The van der Waals surface area contributed by atoms with Crippen LogP contribution in [0.3, 0.4) is 0 Å². The van der Waals surface area contributed by atoms with Crippen molar-refractivity contribution in [1.82, 2.24) is 19.9 Å². The number of ether oxygens (including phenoxy) is 1. The highest BCUT2D eigenvalue weighted by Crippen LogP contribution is 2.28. The molecule has 0 atom stereocenters. The van der Waals surface area contributed by atoms with Crippen LogP contribution in [0.4, 0.5) is 11.6 Å². The van der Waals surface area contributed by atoms with E-state index in [1.54, 1.807) is 18.9 Å². The molecule has 7 nitrogen and oxygen atoms in total. The van der Waals surface area contributed by atoms with Crippen LogP contribution in [0.1, 0.15) is 24.1 Å². The van der Waals surface area contributed by atoms with Crippen LogP contribution in [0.15, 0.2) is 24.9 Å². The van der Waals surface area contributed by atoms with Crippen LogP contribution in [0, 0.1) is 0 Å². The zero-order chi connectivity index (χ0) is 16.4. The number of fused-ring (bicyclic) bond motifs is 1. The van der Waals surface area contributed by atoms with Crippen LogP contribution in [0.5, 0.6) is 0 Å². The van der Waals surface area contributed by atoms with Crippen molar-refractivity contribution >= 4 is 11.6 Å². The minimum Gasteiger partial charge on any atom is -0.376 e. The van der Waals surface area contributed by atoms with Gasteiger partial charge in [-0.2, -0.15) is 0 Å². The Kier molecular flexibility index (Phi) is 4.25. The molecule has 1 fully saturated rings. The van der Waals surface area contributed by atoms with E-state index in [1.165, 1.54) is 5.56 Å². The largest absolute Gasteiger partial charge is 0.376 e. The zero-order valence-electron chi connectivity index (χ0n) is 13.9.